The summed E-state index contributed by atoms with van der Waals surface area (Å²) in [6.07, 6.45) is 7.36. The minimum absolute atomic E-state index is 0.0294. The fourth-order valence-electron chi connectivity index (χ4n) is 7.33. The SMILES string of the molecule is C=C1C(=O)[C@@H]2[C@@H](CC[C@]3(C)CCC[C@@H]23)[C@@]2(C)C(=O)CC(S(=O)CCCN)CC12. The van der Waals surface area contributed by atoms with Gasteiger partial charge in [-0.15, -0.1) is 0 Å². The largest absolute Gasteiger partial charge is 0.330 e. The van der Waals surface area contributed by atoms with Crippen molar-refractivity contribution in [3.05, 3.63) is 12.2 Å². The predicted molar refractivity (Wildman–Crippen MR) is 112 cm³/mol. The third-order valence-corrected chi connectivity index (χ3v) is 10.8. The second-order valence-electron chi connectivity index (χ2n) is 10.3. The average molecular weight is 406 g/mol. The van der Waals surface area contributed by atoms with Crippen LogP contribution in [0.1, 0.15) is 65.2 Å². The zero-order valence-electron chi connectivity index (χ0n) is 17.4. The van der Waals surface area contributed by atoms with Crippen molar-refractivity contribution in [3.8, 4) is 0 Å². The third-order valence-electron chi connectivity index (χ3n) is 9.02. The zero-order valence-corrected chi connectivity index (χ0v) is 18.2. The number of nitrogens with two attached hydrogens (primary N) is 1. The quantitative estimate of drug-likeness (QED) is 0.727. The maximum atomic E-state index is 13.5. The molecule has 0 amide bonds. The highest BCUT2D eigenvalue weighted by atomic mass is 32.2. The van der Waals surface area contributed by atoms with Gasteiger partial charge < -0.3 is 5.73 Å². The molecule has 28 heavy (non-hydrogen) atoms. The molecule has 0 radical (unpaired) electrons. The summed E-state index contributed by atoms with van der Waals surface area (Å²) < 4.78 is 12.7. The van der Waals surface area contributed by atoms with E-state index in [1.165, 1.54) is 12.8 Å². The van der Waals surface area contributed by atoms with Crippen LogP contribution in [-0.4, -0.2) is 33.3 Å². The van der Waals surface area contributed by atoms with Crippen LogP contribution in [0, 0.1) is 34.5 Å². The summed E-state index contributed by atoms with van der Waals surface area (Å²) in [5, 5.41) is -0.154. The maximum Gasteiger partial charge on any atom is 0.162 e. The number of Topliss-reactive ketones (excluding diaryl/α,β-unsaturated/α-hetero) is 2. The van der Waals surface area contributed by atoms with E-state index in [4.69, 9.17) is 5.73 Å². The minimum atomic E-state index is -1.06. The lowest BCUT2D eigenvalue weighted by atomic mass is 9.44. The van der Waals surface area contributed by atoms with Gasteiger partial charge in [0.05, 0.1) is 0 Å². The van der Waals surface area contributed by atoms with E-state index in [0.29, 0.717) is 43.1 Å². The molecule has 4 fully saturated rings. The van der Waals surface area contributed by atoms with Gasteiger partial charge >= 0.3 is 0 Å². The fraction of sp³-hybridized carbons (Fsp3) is 0.826. The van der Waals surface area contributed by atoms with Gasteiger partial charge in [0.1, 0.15) is 5.78 Å². The lowest BCUT2D eigenvalue weighted by Crippen LogP contribution is -2.61. The van der Waals surface area contributed by atoms with Gasteiger partial charge in [-0.2, -0.15) is 0 Å². The Morgan fingerprint density at radius 2 is 1.93 bits per heavy atom. The van der Waals surface area contributed by atoms with E-state index >= 15 is 0 Å². The molecule has 8 atom stereocenters. The number of fused-ring (bicyclic) bond motifs is 5. The molecule has 156 valence electrons. The summed E-state index contributed by atoms with van der Waals surface area (Å²) in [5.41, 5.74) is 5.96. The summed E-state index contributed by atoms with van der Waals surface area (Å²) in [6.45, 7) is 9.19. The highest BCUT2D eigenvalue weighted by molar-refractivity contribution is 7.85. The molecule has 4 saturated carbocycles. The van der Waals surface area contributed by atoms with Crippen molar-refractivity contribution in [1.82, 2.24) is 0 Å². The van der Waals surface area contributed by atoms with Crippen LogP contribution in [-0.2, 0) is 20.4 Å². The van der Waals surface area contributed by atoms with Gasteiger partial charge in [0.25, 0.3) is 0 Å². The molecule has 4 rings (SSSR count). The molecule has 0 spiro atoms. The molecule has 3 unspecified atom stereocenters. The van der Waals surface area contributed by atoms with Crippen molar-refractivity contribution < 1.29 is 13.8 Å². The molecule has 0 saturated heterocycles. The highest BCUT2D eigenvalue weighted by Crippen LogP contribution is 2.65. The number of rotatable bonds is 4. The molecule has 4 nitrogen and oxygen atoms in total. The van der Waals surface area contributed by atoms with Crippen molar-refractivity contribution in [2.24, 2.45) is 40.2 Å². The van der Waals surface area contributed by atoms with E-state index in [-0.39, 0.29) is 40.0 Å². The van der Waals surface area contributed by atoms with Crippen molar-refractivity contribution in [3.63, 3.8) is 0 Å². The molecule has 0 aromatic rings. The average Bonchev–Trinajstić information content (AvgIpc) is 3.06. The van der Waals surface area contributed by atoms with Crippen LogP contribution in [0.2, 0.25) is 0 Å². The summed E-state index contributed by atoms with van der Waals surface area (Å²) in [7, 11) is -1.06. The van der Waals surface area contributed by atoms with Crippen LogP contribution in [0.25, 0.3) is 0 Å². The first kappa shape index (κ1) is 20.5. The smallest absolute Gasteiger partial charge is 0.162 e. The Morgan fingerprint density at radius 1 is 1.18 bits per heavy atom. The Labute approximate surface area is 171 Å². The van der Waals surface area contributed by atoms with Crippen molar-refractivity contribution in [1.29, 1.82) is 0 Å². The zero-order chi connectivity index (χ0) is 20.3. The number of hydrogen-bond acceptors (Lipinski definition) is 4. The molecule has 0 aromatic heterocycles. The normalized spacial score (nSPS) is 46.7. The summed E-state index contributed by atoms with van der Waals surface area (Å²) >= 11 is 0. The Morgan fingerprint density at radius 3 is 2.64 bits per heavy atom. The monoisotopic (exact) mass is 405 g/mol. The second-order valence-corrected chi connectivity index (χ2v) is 12.1. The molecule has 4 aliphatic rings. The molecule has 2 N–H and O–H groups in total. The summed E-state index contributed by atoms with van der Waals surface area (Å²) in [4.78, 5) is 27.0. The molecule has 5 heteroatoms. The van der Waals surface area contributed by atoms with Gasteiger partial charge in [0.15, 0.2) is 5.78 Å². The van der Waals surface area contributed by atoms with Crippen LogP contribution >= 0.6 is 0 Å². The molecule has 0 aromatic carbocycles. The molecular weight excluding hydrogens is 370 g/mol. The first-order valence-electron chi connectivity index (χ1n) is 11.1. The van der Waals surface area contributed by atoms with E-state index in [1.54, 1.807) is 0 Å². The second kappa shape index (κ2) is 7.16. The molecule has 0 bridgehead atoms. The number of hydrogen-bond donors (Lipinski definition) is 1. The lowest BCUT2D eigenvalue weighted by Gasteiger charge is -2.59. The van der Waals surface area contributed by atoms with Gasteiger partial charge in [-0.25, -0.2) is 0 Å². The van der Waals surface area contributed by atoms with Crippen molar-refractivity contribution >= 4 is 22.4 Å². The summed E-state index contributed by atoms with van der Waals surface area (Å²) in [6, 6.07) is 0. The molecule has 0 aliphatic heterocycles. The first-order valence-corrected chi connectivity index (χ1v) is 12.5. The maximum absolute atomic E-state index is 13.5. The lowest BCUT2D eigenvalue weighted by molar-refractivity contribution is -0.155. The van der Waals surface area contributed by atoms with Crippen LogP contribution < -0.4 is 5.73 Å². The van der Waals surface area contributed by atoms with Crippen molar-refractivity contribution in [2.75, 3.05) is 12.3 Å². The van der Waals surface area contributed by atoms with E-state index in [1.807, 2.05) is 0 Å². The highest BCUT2D eigenvalue weighted by Gasteiger charge is 2.64. The van der Waals surface area contributed by atoms with Gasteiger partial charge in [-0.3, -0.25) is 13.8 Å². The number of ketones is 2. The van der Waals surface area contributed by atoms with Gasteiger partial charge in [-0.1, -0.05) is 26.8 Å². The van der Waals surface area contributed by atoms with Gasteiger partial charge in [0.2, 0.25) is 0 Å². The fourth-order valence-corrected chi connectivity index (χ4v) is 8.86. The minimum Gasteiger partial charge on any atom is -0.330 e. The Kier molecular flexibility index (Phi) is 5.23. The molecular formula is C23H35NO3S. The predicted octanol–water partition coefficient (Wildman–Crippen LogP) is 3.41. The molecule has 0 heterocycles. The van der Waals surface area contributed by atoms with E-state index in [9.17, 15) is 13.8 Å². The van der Waals surface area contributed by atoms with Crippen LogP contribution in [0.4, 0.5) is 0 Å². The summed E-state index contributed by atoms with van der Waals surface area (Å²) in [5.74, 6) is 1.35. The van der Waals surface area contributed by atoms with E-state index < -0.39 is 16.2 Å². The Bertz CT molecular complexity index is 733. The Hall–Kier alpha value is -0.810. The van der Waals surface area contributed by atoms with Crippen LogP contribution in [0.5, 0.6) is 0 Å². The number of carbonyl (C=O) groups excluding carboxylic acids is 2. The topological polar surface area (TPSA) is 77.2 Å². The van der Waals surface area contributed by atoms with E-state index in [0.717, 1.165) is 19.3 Å². The first-order chi connectivity index (χ1) is 13.2. The van der Waals surface area contributed by atoms with Crippen LogP contribution in [0.3, 0.4) is 0 Å². The standard InChI is InChI=1S/C23H35NO3S/c1-14-18-12-15(28(27)11-5-10-24)13-19(25)23(18,3)17-7-9-22(2)8-4-6-16(22)20(17)21(14)26/h15-18,20H,1,4-13,24H2,2-3H3/t15?,16-,17+,18?,20-,22-,23+,28?/m0/s1. The number of allylic oxidation sites excluding steroid dienone is 1. The van der Waals surface area contributed by atoms with E-state index in [2.05, 4.69) is 20.4 Å². The van der Waals surface area contributed by atoms with Gasteiger partial charge in [0, 0.05) is 45.5 Å². The third kappa shape index (κ3) is 2.83. The van der Waals surface area contributed by atoms with Crippen LogP contribution in [0.15, 0.2) is 12.2 Å². The number of carbonyl (C=O) groups is 2. The molecule has 4 aliphatic carbocycles. The van der Waals surface area contributed by atoms with Crippen molar-refractivity contribution in [2.45, 2.75) is 70.5 Å². The Balaban J connectivity index is 1.65. The van der Waals surface area contributed by atoms with Gasteiger partial charge in [-0.05, 0) is 67.9 Å².